The van der Waals surface area contributed by atoms with Crippen LogP contribution in [0, 0.1) is 140 Å². The Morgan fingerprint density at radius 2 is 0.347 bits per heavy atom. The minimum Gasteiger partial charge on any atom is -0.429 e. The van der Waals surface area contributed by atoms with E-state index in [1.807, 2.05) is 98.8 Å². The lowest BCUT2D eigenvalue weighted by Gasteiger charge is -2.20. The maximum atomic E-state index is 15.0. The lowest BCUT2D eigenvalue weighted by Crippen LogP contribution is -2.25. The SMILES string of the molecule is CCCCCc1ccc(-c2ccc(-c3cc(F)c(C(F)(F)Oc4cc(F)c(F)c(F)c4)c(F)c3)c(F)c2)cc1.CCCCc1ccc(-c2ccc(-c3cc(F)c(C(F)(F)Oc4cc(F)c(F)c(F)c4)c(F)c3)c(F)c2)cc1.CCCc1ccc(-c2ccc(-c3cc(F)c(C(F)(F)Oc4cc(F)c(F)c(F)c4)c(F)c3)c(F)c2)cc1.CCc1ccc(-c2ccc(-c3cc(F)c(C(F)(F)Oc4cc(F)c(F)c(F)c4)c(F)c3)c(F)c2)cc1. The first kappa shape index (κ1) is 112. The number of alkyl halides is 8. The summed E-state index contributed by atoms with van der Waals surface area (Å²) in [6.07, 6.45) is -9.06. The summed E-state index contributed by atoms with van der Waals surface area (Å²) in [7, 11) is 0. The molecule has 0 saturated heterocycles. The van der Waals surface area contributed by atoms with Gasteiger partial charge in [-0.15, -0.1) is 0 Å². The van der Waals surface area contributed by atoms with Crippen LogP contribution < -0.4 is 18.9 Å². The lowest BCUT2D eigenvalue weighted by atomic mass is 9.97. The molecule has 0 aliphatic carbocycles. The first-order valence-corrected chi connectivity index (χ1v) is 45.4. The zero-order chi connectivity index (χ0) is 109. The van der Waals surface area contributed by atoms with Gasteiger partial charge in [0.2, 0.25) is 0 Å². The topological polar surface area (TPSA) is 36.9 Å². The number of benzene rings is 16. The van der Waals surface area contributed by atoms with Gasteiger partial charge in [-0.1, -0.05) is 199 Å². The molecule has 36 heteroatoms. The average Bonchev–Trinajstić information content (AvgIpc) is 0.779. The van der Waals surface area contributed by atoms with Gasteiger partial charge in [-0.3, -0.25) is 0 Å². The van der Waals surface area contributed by atoms with E-state index in [4.69, 9.17) is 0 Å². The molecule has 16 rings (SSSR count). The zero-order valence-corrected chi connectivity index (χ0v) is 78.2. The first-order chi connectivity index (χ1) is 71.0. The van der Waals surface area contributed by atoms with E-state index in [9.17, 15) is 140 Å². The van der Waals surface area contributed by atoms with Crippen LogP contribution in [0.3, 0.4) is 0 Å². The zero-order valence-electron chi connectivity index (χ0n) is 78.2. The van der Waals surface area contributed by atoms with E-state index in [1.54, 1.807) is 12.1 Å². The molecule has 0 unspecified atom stereocenters. The molecule has 0 amide bonds. The van der Waals surface area contributed by atoms with E-state index in [-0.39, 0.29) is 93.0 Å². The second-order valence-corrected chi connectivity index (χ2v) is 33.8. The Balaban J connectivity index is 0.000000167. The average molecular weight is 2120 g/mol. The maximum Gasteiger partial charge on any atom is 0.432 e. The highest BCUT2D eigenvalue weighted by atomic mass is 19.3. The number of hydrogen-bond donors (Lipinski definition) is 0. The standard InChI is InChI=1S/C30H22F8O.C29H20F8O.C28H18F8O.C27H16F8O/c1-2-3-4-5-17-6-8-18(9-7-17)19-10-11-22(23(31)12-19)20-13-24(32)28(25(33)14-20)30(37,38)39-21-15-26(34)29(36)27(35)16-21;1-2-3-4-16-5-7-17(8-6-16)18-9-10-21(22(30)11-18)19-12-23(31)27(24(32)13-19)29(36,37)38-20-14-25(33)28(35)26(34)15-20;1-2-3-15-4-6-16(7-5-15)17-8-9-20(21(29)10-17)18-11-22(30)26(23(31)12-18)28(35,36)37-19-13-24(32)27(34)25(33)14-19;1-2-14-3-5-15(6-4-14)16-7-8-19(20(28)9-16)17-10-21(29)25(22(30)11-17)27(34,35)36-18-12-23(31)26(33)24(32)13-18/h6-16H,2-5H2,1H3;5-15H,2-4H2,1H3;4-14H,2-3H2,1H3;3-13H,2H2,1H3. The van der Waals surface area contributed by atoms with Crippen molar-refractivity contribution in [3.63, 3.8) is 0 Å². The quantitative estimate of drug-likeness (QED) is 0.0255. The van der Waals surface area contributed by atoms with Crippen LogP contribution in [0.2, 0.25) is 0 Å². The number of aryl methyl sites for hydroxylation is 4. The summed E-state index contributed by atoms with van der Waals surface area (Å²) < 4.78 is 469. The van der Waals surface area contributed by atoms with Gasteiger partial charge in [-0.05, 0) is 200 Å². The summed E-state index contributed by atoms with van der Waals surface area (Å²) in [4.78, 5) is 0. The third-order valence-corrected chi connectivity index (χ3v) is 23.3. The van der Waals surface area contributed by atoms with Crippen molar-refractivity contribution < 1.29 is 159 Å². The van der Waals surface area contributed by atoms with Crippen LogP contribution in [0.15, 0.2) is 267 Å². The van der Waals surface area contributed by atoms with E-state index in [0.29, 0.717) is 87.5 Å². The molecule has 0 aliphatic rings. The molecule has 0 aliphatic heterocycles. The Morgan fingerprint density at radius 1 is 0.167 bits per heavy atom. The number of unbranched alkanes of at least 4 members (excludes halogenated alkanes) is 3. The highest BCUT2D eigenvalue weighted by Gasteiger charge is 2.46. The Bertz CT molecular complexity index is 7420. The summed E-state index contributed by atoms with van der Waals surface area (Å²) >= 11 is 0. The van der Waals surface area contributed by atoms with Crippen molar-refractivity contribution in [1.29, 1.82) is 0 Å². The van der Waals surface area contributed by atoms with Crippen molar-refractivity contribution in [3.05, 3.63) is 451 Å². The molecule has 0 atom stereocenters. The van der Waals surface area contributed by atoms with Gasteiger partial charge in [0.05, 0.1) is 0 Å². The van der Waals surface area contributed by atoms with Crippen molar-refractivity contribution in [3.8, 4) is 112 Å². The van der Waals surface area contributed by atoms with Gasteiger partial charge in [-0.2, -0.15) is 35.1 Å². The molecule has 0 radical (unpaired) electrons. The molecule has 4 nitrogen and oxygen atoms in total. The van der Waals surface area contributed by atoms with Gasteiger partial charge in [0, 0.05) is 70.8 Å². The summed E-state index contributed by atoms with van der Waals surface area (Å²) in [5, 5.41) is 0. The molecule has 0 saturated carbocycles. The Labute approximate surface area is 835 Å². The van der Waals surface area contributed by atoms with Crippen LogP contribution in [0.4, 0.5) is 140 Å². The largest absolute Gasteiger partial charge is 0.432 e. The monoisotopic (exact) mass is 2120 g/mol. The van der Waals surface area contributed by atoms with Gasteiger partial charge in [0.15, 0.2) is 69.8 Å². The molecule has 780 valence electrons. The molecule has 16 aromatic rings. The normalized spacial score (nSPS) is 11.6. The van der Waals surface area contributed by atoms with Gasteiger partial charge in [0.25, 0.3) is 0 Å². The summed E-state index contributed by atoms with van der Waals surface area (Å²) in [5.41, 5.74) is -0.588. The Morgan fingerprint density at radius 3 is 0.533 bits per heavy atom. The van der Waals surface area contributed by atoms with Crippen molar-refractivity contribution in [2.24, 2.45) is 0 Å². The molecule has 0 aromatic heterocycles. The number of rotatable bonds is 30. The van der Waals surface area contributed by atoms with E-state index >= 15 is 0 Å². The van der Waals surface area contributed by atoms with Crippen molar-refractivity contribution >= 4 is 0 Å². The summed E-state index contributed by atoms with van der Waals surface area (Å²) in [6.45, 7) is 8.23. The maximum absolute atomic E-state index is 15.0. The predicted octanol–water partition coefficient (Wildman–Crippen LogP) is 36.5. The van der Waals surface area contributed by atoms with E-state index in [0.717, 1.165) is 110 Å². The number of ether oxygens (including phenoxy) is 4. The molecular formula is C114H76F32O4. The van der Waals surface area contributed by atoms with Gasteiger partial charge in [0.1, 0.15) is 115 Å². The fourth-order valence-corrected chi connectivity index (χ4v) is 15.7. The highest BCUT2D eigenvalue weighted by Crippen LogP contribution is 2.46. The van der Waals surface area contributed by atoms with Crippen molar-refractivity contribution in [2.75, 3.05) is 0 Å². The smallest absolute Gasteiger partial charge is 0.429 e. The minimum atomic E-state index is -4.74. The second-order valence-electron chi connectivity index (χ2n) is 33.8. The lowest BCUT2D eigenvalue weighted by molar-refractivity contribution is -0.190. The molecule has 0 fully saturated rings. The molecule has 0 heterocycles. The van der Waals surface area contributed by atoms with Crippen molar-refractivity contribution in [1.82, 2.24) is 0 Å². The molecule has 150 heavy (non-hydrogen) atoms. The van der Waals surface area contributed by atoms with Gasteiger partial charge < -0.3 is 18.9 Å². The predicted molar refractivity (Wildman–Crippen MR) is 497 cm³/mol. The van der Waals surface area contributed by atoms with E-state index in [2.05, 4.69) is 32.8 Å². The van der Waals surface area contributed by atoms with Crippen LogP contribution in [-0.2, 0) is 50.1 Å². The second kappa shape index (κ2) is 47.3. The van der Waals surface area contributed by atoms with Crippen LogP contribution in [0.1, 0.15) is 111 Å². The molecular weight excluding hydrogens is 2040 g/mol. The number of hydrogen-bond acceptors (Lipinski definition) is 4. The summed E-state index contributed by atoms with van der Waals surface area (Å²) in [5.74, 6) is -44.9. The van der Waals surface area contributed by atoms with Crippen LogP contribution in [-0.4, -0.2) is 0 Å². The van der Waals surface area contributed by atoms with Gasteiger partial charge >= 0.3 is 24.4 Å². The molecule has 0 N–H and O–H groups in total. The Kier molecular flexibility index (Phi) is 35.2. The fourth-order valence-electron chi connectivity index (χ4n) is 15.7. The van der Waals surface area contributed by atoms with Crippen LogP contribution >= 0.6 is 0 Å². The first-order valence-electron chi connectivity index (χ1n) is 45.4. The molecule has 0 bridgehead atoms. The highest BCUT2D eigenvalue weighted by molar-refractivity contribution is 5.76. The number of halogens is 32. The molecule has 16 aromatic carbocycles. The fraction of sp³-hybridized carbons (Fsp3) is 0.158. The Hall–Kier alpha value is -15.5. The van der Waals surface area contributed by atoms with Crippen LogP contribution in [0.25, 0.3) is 89.0 Å². The third kappa shape index (κ3) is 26.4. The van der Waals surface area contributed by atoms with E-state index < -0.39 is 209 Å². The summed E-state index contributed by atoms with van der Waals surface area (Å²) in [6, 6.07) is 50.3. The minimum absolute atomic E-state index is 0.100. The third-order valence-electron chi connectivity index (χ3n) is 23.3. The van der Waals surface area contributed by atoms with Gasteiger partial charge in [-0.25, -0.2) is 105 Å². The van der Waals surface area contributed by atoms with E-state index in [1.165, 1.54) is 54.6 Å². The van der Waals surface area contributed by atoms with Crippen LogP contribution in [0.5, 0.6) is 23.0 Å². The molecule has 0 spiro atoms. The van der Waals surface area contributed by atoms with Crippen molar-refractivity contribution in [2.45, 2.75) is 116 Å².